The summed E-state index contributed by atoms with van der Waals surface area (Å²) in [5, 5.41) is 4.52. The molecule has 0 N–H and O–H groups in total. The quantitative estimate of drug-likeness (QED) is 0.581. The van der Waals surface area contributed by atoms with Crippen molar-refractivity contribution in [3.8, 4) is 17.1 Å². The van der Waals surface area contributed by atoms with Crippen LogP contribution in [0.15, 0.2) is 53.1 Å². The van der Waals surface area contributed by atoms with Gasteiger partial charge < -0.3 is 14.2 Å². The van der Waals surface area contributed by atoms with Gasteiger partial charge in [-0.05, 0) is 55.2 Å². The lowest BCUT2D eigenvalue weighted by Crippen LogP contribution is -2.42. The van der Waals surface area contributed by atoms with Crippen LogP contribution in [0, 0.1) is 11.7 Å². The van der Waals surface area contributed by atoms with Gasteiger partial charge in [0.2, 0.25) is 11.7 Å². The normalized spacial score (nSPS) is 16.5. The summed E-state index contributed by atoms with van der Waals surface area (Å²) >= 11 is 5.86. The first kappa shape index (κ1) is 20.3. The van der Waals surface area contributed by atoms with E-state index in [9.17, 15) is 9.18 Å². The largest absolute Gasteiger partial charge is 0.484 e. The first-order valence-electron chi connectivity index (χ1n) is 9.82. The molecule has 156 valence electrons. The number of amides is 1. The highest BCUT2D eigenvalue weighted by molar-refractivity contribution is 6.30. The third kappa shape index (κ3) is 4.97. The molecule has 1 aliphatic heterocycles. The standard InChI is InChI=1S/C22H21ClFN3O3/c23-16-7-9-17(10-8-16)29-14-21(28)27-11-3-4-15(13-27)12-20-25-22(26-30-20)18-5-1-2-6-19(18)24/h1-2,5-10,15H,3-4,11-14H2/t15-/m1/s1. The SMILES string of the molecule is O=C(COc1ccc(Cl)cc1)N1CCC[C@H](Cc2nc(-c3ccccc3F)no2)C1. The minimum absolute atomic E-state index is 0.0215. The van der Waals surface area contributed by atoms with Crippen molar-refractivity contribution in [1.29, 1.82) is 0 Å². The van der Waals surface area contributed by atoms with E-state index < -0.39 is 0 Å². The lowest BCUT2D eigenvalue weighted by Gasteiger charge is -2.32. The fourth-order valence-corrected chi connectivity index (χ4v) is 3.69. The number of benzene rings is 2. The predicted molar refractivity (Wildman–Crippen MR) is 110 cm³/mol. The molecule has 1 aliphatic rings. The Morgan fingerprint density at radius 2 is 2.03 bits per heavy atom. The highest BCUT2D eigenvalue weighted by atomic mass is 35.5. The summed E-state index contributed by atoms with van der Waals surface area (Å²) in [6.45, 7) is 1.27. The first-order chi connectivity index (χ1) is 14.6. The number of nitrogens with zero attached hydrogens (tertiary/aromatic N) is 3. The summed E-state index contributed by atoms with van der Waals surface area (Å²) in [7, 11) is 0. The van der Waals surface area contributed by atoms with Crippen molar-refractivity contribution >= 4 is 17.5 Å². The van der Waals surface area contributed by atoms with Crippen molar-refractivity contribution in [1.82, 2.24) is 15.0 Å². The van der Waals surface area contributed by atoms with Crippen LogP contribution >= 0.6 is 11.6 Å². The molecule has 30 heavy (non-hydrogen) atoms. The molecule has 0 unspecified atom stereocenters. The number of hydrogen-bond acceptors (Lipinski definition) is 5. The molecular formula is C22H21ClFN3O3. The molecule has 3 aromatic rings. The molecule has 0 saturated carbocycles. The minimum Gasteiger partial charge on any atom is -0.484 e. The Bertz CT molecular complexity index is 1010. The van der Waals surface area contributed by atoms with E-state index in [0.717, 1.165) is 12.8 Å². The van der Waals surface area contributed by atoms with Crippen LogP contribution in [0.5, 0.6) is 5.75 Å². The summed E-state index contributed by atoms with van der Waals surface area (Å²) in [5.74, 6) is 1.04. The zero-order valence-corrected chi connectivity index (χ0v) is 17.0. The van der Waals surface area contributed by atoms with Gasteiger partial charge >= 0.3 is 0 Å². The summed E-state index contributed by atoms with van der Waals surface area (Å²) in [5.41, 5.74) is 0.312. The molecule has 1 amide bonds. The number of aromatic nitrogens is 2. The molecule has 8 heteroatoms. The Kier molecular flexibility index (Phi) is 6.28. The van der Waals surface area contributed by atoms with Gasteiger partial charge in [0.15, 0.2) is 6.61 Å². The monoisotopic (exact) mass is 429 g/mol. The number of halogens is 2. The van der Waals surface area contributed by atoms with E-state index in [4.69, 9.17) is 20.9 Å². The van der Waals surface area contributed by atoms with E-state index in [2.05, 4.69) is 10.1 Å². The zero-order valence-electron chi connectivity index (χ0n) is 16.3. The topological polar surface area (TPSA) is 68.5 Å². The Balaban J connectivity index is 1.32. The number of ether oxygens (including phenoxy) is 1. The highest BCUT2D eigenvalue weighted by Gasteiger charge is 2.26. The van der Waals surface area contributed by atoms with Gasteiger partial charge in [-0.2, -0.15) is 4.98 Å². The maximum absolute atomic E-state index is 13.9. The van der Waals surface area contributed by atoms with E-state index in [1.807, 2.05) is 0 Å². The Morgan fingerprint density at radius 3 is 2.83 bits per heavy atom. The summed E-state index contributed by atoms with van der Waals surface area (Å²) < 4.78 is 24.8. The van der Waals surface area contributed by atoms with Crippen molar-refractivity contribution in [2.24, 2.45) is 5.92 Å². The molecule has 6 nitrogen and oxygen atoms in total. The molecule has 1 fully saturated rings. The molecular weight excluding hydrogens is 409 g/mol. The van der Waals surface area contributed by atoms with Gasteiger partial charge in [0.05, 0.1) is 5.56 Å². The second kappa shape index (κ2) is 9.26. The van der Waals surface area contributed by atoms with Crippen LogP contribution < -0.4 is 4.74 Å². The number of piperidine rings is 1. The third-order valence-corrected chi connectivity index (χ3v) is 5.35. The Morgan fingerprint density at radius 1 is 1.23 bits per heavy atom. The molecule has 2 heterocycles. The smallest absolute Gasteiger partial charge is 0.260 e. The van der Waals surface area contributed by atoms with Gasteiger partial charge in [-0.1, -0.05) is 28.9 Å². The lowest BCUT2D eigenvalue weighted by molar-refractivity contribution is -0.135. The molecule has 0 spiro atoms. The Hall–Kier alpha value is -2.93. The zero-order chi connectivity index (χ0) is 20.9. The summed E-state index contributed by atoms with van der Waals surface area (Å²) in [6.07, 6.45) is 2.40. The van der Waals surface area contributed by atoms with Gasteiger partial charge in [0.1, 0.15) is 11.6 Å². The van der Waals surface area contributed by atoms with E-state index >= 15 is 0 Å². The molecule has 2 aromatic carbocycles. The Labute approximate surface area is 178 Å². The van der Waals surface area contributed by atoms with Crippen LogP contribution in [0.3, 0.4) is 0 Å². The summed E-state index contributed by atoms with van der Waals surface area (Å²) in [6, 6.07) is 13.2. The summed E-state index contributed by atoms with van der Waals surface area (Å²) in [4.78, 5) is 18.7. The van der Waals surface area contributed by atoms with Gasteiger partial charge in [0.25, 0.3) is 5.91 Å². The fraction of sp³-hybridized carbons (Fsp3) is 0.318. The molecule has 0 radical (unpaired) electrons. The number of carbonyl (C=O) groups is 1. The van der Waals surface area contributed by atoms with E-state index in [1.165, 1.54) is 6.07 Å². The van der Waals surface area contributed by atoms with Crippen molar-refractivity contribution in [2.75, 3.05) is 19.7 Å². The van der Waals surface area contributed by atoms with Crippen LogP contribution in [-0.2, 0) is 11.2 Å². The average molecular weight is 430 g/mol. The lowest BCUT2D eigenvalue weighted by atomic mass is 9.94. The number of rotatable bonds is 6. The second-order valence-corrected chi connectivity index (χ2v) is 7.72. The second-order valence-electron chi connectivity index (χ2n) is 7.29. The van der Waals surface area contributed by atoms with Crippen molar-refractivity contribution in [3.05, 3.63) is 65.3 Å². The molecule has 1 aromatic heterocycles. The predicted octanol–water partition coefficient (Wildman–Crippen LogP) is 4.39. The van der Waals surface area contributed by atoms with Crippen molar-refractivity contribution in [3.63, 3.8) is 0 Å². The number of hydrogen-bond donors (Lipinski definition) is 0. The first-order valence-corrected chi connectivity index (χ1v) is 10.2. The average Bonchev–Trinajstić information content (AvgIpc) is 3.22. The molecule has 1 saturated heterocycles. The van der Waals surface area contributed by atoms with Gasteiger partial charge in [0, 0.05) is 24.5 Å². The minimum atomic E-state index is -0.389. The van der Waals surface area contributed by atoms with Crippen molar-refractivity contribution in [2.45, 2.75) is 19.3 Å². The van der Waals surface area contributed by atoms with Crippen LogP contribution in [0.25, 0.3) is 11.4 Å². The molecule has 0 aliphatic carbocycles. The fourth-order valence-electron chi connectivity index (χ4n) is 3.56. The van der Waals surface area contributed by atoms with E-state index in [-0.39, 0.29) is 30.1 Å². The van der Waals surface area contributed by atoms with E-state index in [1.54, 1.807) is 47.4 Å². The third-order valence-electron chi connectivity index (χ3n) is 5.09. The van der Waals surface area contributed by atoms with Crippen LogP contribution in [0.1, 0.15) is 18.7 Å². The number of carbonyl (C=O) groups excluding carboxylic acids is 1. The highest BCUT2D eigenvalue weighted by Crippen LogP contribution is 2.24. The van der Waals surface area contributed by atoms with Crippen LogP contribution in [0.2, 0.25) is 5.02 Å². The van der Waals surface area contributed by atoms with E-state index in [0.29, 0.717) is 41.7 Å². The molecule has 4 rings (SSSR count). The van der Waals surface area contributed by atoms with Gasteiger partial charge in [-0.25, -0.2) is 4.39 Å². The van der Waals surface area contributed by atoms with Gasteiger partial charge in [-0.15, -0.1) is 0 Å². The maximum atomic E-state index is 13.9. The van der Waals surface area contributed by atoms with Gasteiger partial charge in [-0.3, -0.25) is 4.79 Å². The molecule has 0 bridgehead atoms. The maximum Gasteiger partial charge on any atom is 0.260 e. The van der Waals surface area contributed by atoms with Crippen LogP contribution in [0.4, 0.5) is 4.39 Å². The van der Waals surface area contributed by atoms with Crippen LogP contribution in [-0.4, -0.2) is 40.6 Å². The number of likely N-dealkylation sites (tertiary alicyclic amines) is 1. The molecule has 1 atom stereocenters. The van der Waals surface area contributed by atoms with Crippen molar-refractivity contribution < 1.29 is 18.4 Å².